The van der Waals surface area contributed by atoms with Crippen molar-refractivity contribution in [1.29, 1.82) is 0 Å². The van der Waals surface area contributed by atoms with E-state index in [1.807, 2.05) is 0 Å². The van der Waals surface area contributed by atoms with Crippen molar-refractivity contribution in [1.82, 2.24) is 10.2 Å². The lowest BCUT2D eigenvalue weighted by Crippen LogP contribution is -2.53. The van der Waals surface area contributed by atoms with E-state index in [1.165, 1.54) is 25.3 Å². The molecule has 2 heterocycles. The molecule has 1 aromatic heterocycles. The van der Waals surface area contributed by atoms with E-state index in [4.69, 9.17) is 4.42 Å². The molecule has 0 atom stereocenters. The molecule has 1 amide bonds. The van der Waals surface area contributed by atoms with Crippen LogP contribution in [-0.2, 0) is 15.6 Å². The molecule has 2 aromatic rings. The molecular weight excluding hydrogens is 376 g/mol. The first-order valence-electron chi connectivity index (χ1n) is 9.68. The van der Waals surface area contributed by atoms with E-state index < -0.39 is 9.84 Å². The Bertz CT molecular complexity index is 897. The summed E-state index contributed by atoms with van der Waals surface area (Å²) in [6.45, 7) is 6.84. The number of amides is 1. The average Bonchev–Trinajstić information content (AvgIpc) is 3.15. The van der Waals surface area contributed by atoms with Crippen LogP contribution in [0, 0.1) is 0 Å². The van der Waals surface area contributed by atoms with Crippen molar-refractivity contribution in [2.75, 3.05) is 19.6 Å². The van der Waals surface area contributed by atoms with Crippen LogP contribution in [0.2, 0.25) is 0 Å². The number of benzene rings is 1. The summed E-state index contributed by atoms with van der Waals surface area (Å²) in [4.78, 5) is 15.1. The number of likely N-dealkylation sites (tertiary alicyclic amines) is 1. The van der Waals surface area contributed by atoms with Gasteiger partial charge in [-0.25, -0.2) is 8.42 Å². The summed E-state index contributed by atoms with van der Waals surface area (Å²) in [5.41, 5.74) is -0.137. The molecule has 0 radical (unpaired) electrons. The summed E-state index contributed by atoms with van der Waals surface area (Å²) < 4.78 is 30.4. The predicted molar refractivity (Wildman–Crippen MR) is 108 cm³/mol. The van der Waals surface area contributed by atoms with Gasteiger partial charge in [-0.3, -0.25) is 9.69 Å². The fourth-order valence-electron chi connectivity index (χ4n) is 3.47. The zero-order valence-electron chi connectivity index (χ0n) is 16.5. The van der Waals surface area contributed by atoms with Gasteiger partial charge < -0.3 is 9.73 Å². The maximum absolute atomic E-state index is 12.5. The van der Waals surface area contributed by atoms with Gasteiger partial charge in [0.25, 0.3) is 5.91 Å². The lowest BCUT2D eigenvalue weighted by atomic mass is 9.98. The van der Waals surface area contributed by atoms with Crippen LogP contribution in [0.15, 0.2) is 51.8 Å². The Hall–Kier alpha value is -2.12. The minimum Gasteiger partial charge on any atom is -0.455 e. The molecule has 0 aliphatic carbocycles. The fourth-order valence-corrected chi connectivity index (χ4v) is 4.74. The van der Waals surface area contributed by atoms with Crippen LogP contribution in [-0.4, -0.2) is 44.4 Å². The van der Waals surface area contributed by atoms with Gasteiger partial charge in [-0.1, -0.05) is 24.6 Å². The smallest absolute Gasteiger partial charge is 0.287 e. The van der Waals surface area contributed by atoms with Crippen molar-refractivity contribution < 1.29 is 17.6 Å². The summed E-state index contributed by atoms with van der Waals surface area (Å²) in [5.74, 6) is -0.214. The fraction of sp³-hybridized carbons (Fsp3) is 0.476. The van der Waals surface area contributed by atoms with Crippen LogP contribution < -0.4 is 5.32 Å². The van der Waals surface area contributed by atoms with Crippen molar-refractivity contribution >= 4 is 15.7 Å². The SMILES string of the molecule is CC(C)(CNC(=O)c1ccc(CS(=O)(=O)c2ccccc2)o1)N1CCCCC1. The molecule has 3 rings (SSSR count). The number of rotatable bonds is 7. The van der Waals surface area contributed by atoms with E-state index in [2.05, 4.69) is 24.1 Å². The lowest BCUT2D eigenvalue weighted by Gasteiger charge is -2.41. The number of furan rings is 1. The van der Waals surface area contributed by atoms with E-state index in [-0.39, 0.29) is 33.6 Å². The molecule has 6 nitrogen and oxygen atoms in total. The number of sulfone groups is 1. The summed E-state index contributed by atoms with van der Waals surface area (Å²) in [6, 6.07) is 11.3. The van der Waals surface area contributed by atoms with Crippen molar-refractivity contribution in [2.45, 2.75) is 49.3 Å². The molecule has 1 N–H and O–H groups in total. The van der Waals surface area contributed by atoms with Gasteiger partial charge in [-0.2, -0.15) is 0 Å². The molecule has 7 heteroatoms. The average molecular weight is 405 g/mol. The number of nitrogens with zero attached hydrogens (tertiary/aromatic N) is 1. The molecule has 1 fully saturated rings. The van der Waals surface area contributed by atoms with Crippen molar-refractivity contribution in [3.8, 4) is 0 Å². The molecule has 0 bridgehead atoms. The molecule has 0 saturated carbocycles. The molecule has 152 valence electrons. The minimum absolute atomic E-state index is 0.132. The highest BCUT2D eigenvalue weighted by Crippen LogP contribution is 2.21. The quantitative estimate of drug-likeness (QED) is 0.766. The van der Waals surface area contributed by atoms with Crippen molar-refractivity contribution in [3.05, 3.63) is 54.0 Å². The van der Waals surface area contributed by atoms with Gasteiger partial charge in [-0.05, 0) is 64.0 Å². The molecule has 1 aliphatic heterocycles. The Morgan fingerprint density at radius 2 is 1.75 bits per heavy atom. The van der Waals surface area contributed by atoms with E-state index in [9.17, 15) is 13.2 Å². The van der Waals surface area contributed by atoms with Gasteiger partial charge >= 0.3 is 0 Å². The van der Waals surface area contributed by atoms with Crippen molar-refractivity contribution in [2.24, 2.45) is 0 Å². The van der Waals surface area contributed by atoms with Gasteiger partial charge in [0.15, 0.2) is 15.6 Å². The maximum atomic E-state index is 12.5. The van der Waals surface area contributed by atoms with Gasteiger partial charge in [-0.15, -0.1) is 0 Å². The largest absolute Gasteiger partial charge is 0.455 e. The first-order chi connectivity index (χ1) is 13.3. The molecule has 1 aliphatic rings. The summed E-state index contributed by atoms with van der Waals surface area (Å²) in [5, 5.41) is 2.92. The van der Waals surface area contributed by atoms with Crippen LogP contribution in [0.1, 0.15) is 49.4 Å². The second-order valence-electron chi connectivity index (χ2n) is 7.88. The number of hydrogen-bond acceptors (Lipinski definition) is 5. The standard InChI is InChI=1S/C21H28N2O4S/c1-21(2,23-13-7-4-8-14-23)16-22-20(24)19-12-11-17(27-19)15-28(25,26)18-9-5-3-6-10-18/h3,5-6,9-12H,4,7-8,13-16H2,1-2H3,(H,22,24). The Balaban J connectivity index is 1.59. The Labute approximate surface area is 166 Å². The molecule has 0 unspecified atom stereocenters. The second kappa shape index (κ2) is 8.49. The van der Waals surface area contributed by atoms with Crippen LogP contribution in [0.4, 0.5) is 0 Å². The number of carbonyl (C=O) groups excluding carboxylic acids is 1. The zero-order chi connectivity index (χ0) is 20.2. The summed E-state index contributed by atoms with van der Waals surface area (Å²) in [7, 11) is -3.51. The molecule has 0 spiro atoms. The van der Waals surface area contributed by atoms with Crippen LogP contribution >= 0.6 is 0 Å². The number of hydrogen-bond donors (Lipinski definition) is 1. The van der Waals surface area contributed by atoms with E-state index in [1.54, 1.807) is 36.4 Å². The topological polar surface area (TPSA) is 79.6 Å². The van der Waals surface area contributed by atoms with Gasteiger partial charge in [0.1, 0.15) is 11.5 Å². The Morgan fingerprint density at radius 3 is 2.43 bits per heavy atom. The third-order valence-electron chi connectivity index (χ3n) is 5.21. The van der Waals surface area contributed by atoms with E-state index >= 15 is 0 Å². The van der Waals surface area contributed by atoms with Crippen molar-refractivity contribution in [3.63, 3.8) is 0 Å². The Kier molecular flexibility index (Phi) is 6.25. The van der Waals surface area contributed by atoms with Gasteiger partial charge in [0.2, 0.25) is 0 Å². The normalized spacial score (nSPS) is 16.1. The highest BCUT2D eigenvalue weighted by molar-refractivity contribution is 7.90. The van der Waals surface area contributed by atoms with Crippen LogP contribution in [0.25, 0.3) is 0 Å². The molecule has 28 heavy (non-hydrogen) atoms. The molecule has 1 aromatic carbocycles. The summed E-state index contributed by atoms with van der Waals surface area (Å²) >= 11 is 0. The highest BCUT2D eigenvalue weighted by atomic mass is 32.2. The van der Waals surface area contributed by atoms with Crippen LogP contribution in [0.3, 0.4) is 0 Å². The van der Waals surface area contributed by atoms with E-state index in [0.717, 1.165) is 13.1 Å². The van der Waals surface area contributed by atoms with Gasteiger partial charge in [0, 0.05) is 12.1 Å². The number of piperidine rings is 1. The number of nitrogens with one attached hydrogen (secondary N) is 1. The van der Waals surface area contributed by atoms with Gasteiger partial charge in [0.05, 0.1) is 4.90 Å². The molecule has 1 saturated heterocycles. The zero-order valence-corrected chi connectivity index (χ0v) is 17.3. The maximum Gasteiger partial charge on any atom is 0.287 e. The highest BCUT2D eigenvalue weighted by Gasteiger charge is 2.29. The monoisotopic (exact) mass is 404 g/mol. The Morgan fingerprint density at radius 1 is 1.07 bits per heavy atom. The lowest BCUT2D eigenvalue weighted by molar-refractivity contribution is 0.0779. The number of carbonyl (C=O) groups is 1. The van der Waals surface area contributed by atoms with E-state index in [0.29, 0.717) is 6.54 Å². The minimum atomic E-state index is -3.51. The first kappa shape index (κ1) is 20.6. The second-order valence-corrected chi connectivity index (χ2v) is 9.87. The molecular formula is C21H28N2O4S. The first-order valence-corrected chi connectivity index (χ1v) is 11.3. The summed E-state index contributed by atoms with van der Waals surface area (Å²) in [6.07, 6.45) is 3.64. The predicted octanol–water partition coefficient (Wildman–Crippen LogP) is 3.25. The third kappa shape index (κ3) is 5.02. The third-order valence-corrected chi connectivity index (χ3v) is 6.87. The van der Waals surface area contributed by atoms with Crippen LogP contribution in [0.5, 0.6) is 0 Å².